The Kier molecular flexibility index (Phi) is 6.09. The summed E-state index contributed by atoms with van der Waals surface area (Å²) in [6, 6.07) is 8.70. The van der Waals surface area contributed by atoms with Crippen LogP contribution in [0.3, 0.4) is 0 Å². The van der Waals surface area contributed by atoms with Crippen molar-refractivity contribution in [3.63, 3.8) is 0 Å². The molecular weight excluding hydrogens is 280 g/mol. The lowest BCUT2D eigenvalue weighted by molar-refractivity contribution is 0.0839. The van der Waals surface area contributed by atoms with E-state index in [-0.39, 0.29) is 5.54 Å². The monoisotopic (exact) mass is 308 g/mol. The molecule has 118 valence electrons. The van der Waals surface area contributed by atoms with Gasteiger partial charge >= 0.3 is 0 Å². The molecule has 1 aliphatic heterocycles. The zero-order valence-corrected chi connectivity index (χ0v) is 14.4. The zero-order valence-electron chi connectivity index (χ0n) is 13.7. The lowest BCUT2D eigenvalue weighted by atomic mass is 9.83. The van der Waals surface area contributed by atoms with Gasteiger partial charge in [-0.3, -0.25) is 4.90 Å². The van der Waals surface area contributed by atoms with Crippen LogP contribution in [-0.2, 0) is 0 Å². The molecule has 1 N–H and O–H groups in total. The van der Waals surface area contributed by atoms with Crippen LogP contribution < -0.4 is 5.32 Å². The van der Waals surface area contributed by atoms with Crippen molar-refractivity contribution < 1.29 is 0 Å². The van der Waals surface area contributed by atoms with Crippen LogP contribution in [0.5, 0.6) is 0 Å². The van der Waals surface area contributed by atoms with Crippen LogP contribution in [0.25, 0.3) is 0 Å². The minimum absolute atomic E-state index is 0.149. The van der Waals surface area contributed by atoms with Crippen molar-refractivity contribution in [1.82, 2.24) is 10.2 Å². The quantitative estimate of drug-likeness (QED) is 0.789. The van der Waals surface area contributed by atoms with Crippen molar-refractivity contribution in [2.24, 2.45) is 0 Å². The minimum Gasteiger partial charge on any atom is -0.308 e. The fraction of sp³-hybridized carbons (Fsp3) is 0.667. The molecule has 2 nitrogen and oxygen atoms in total. The first-order chi connectivity index (χ1) is 10.1. The van der Waals surface area contributed by atoms with Gasteiger partial charge in [0.05, 0.1) is 6.04 Å². The molecule has 1 aliphatic rings. The zero-order chi connectivity index (χ0) is 15.3. The van der Waals surface area contributed by atoms with E-state index in [0.29, 0.717) is 6.04 Å². The summed E-state index contributed by atoms with van der Waals surface area (Å²) in [4.78, 5) is 2.67. The molecule has 1 heterocycles. The Morgan fingerprint density at radius 3 is 2.57 bits per heavy atom. The molecule has 2 rings (SSSR count). The van der Waals surface area contributed by atoms with Gasteiger partial charge in [-0.05, 0) is 69.9 Å². The largest absolute Gasteiger partial charge is 0.308 e. The highest BCUT2D eigenvalue weighted by molar-refractivity contribution is 6.30. The topological polar surface area (TPSA) is 15.3 Å². The van der Waals surface area contributed by atoms with Crippen molar-refractivity contribution in [3.05, 3.63) is 34.9 Å². The maximum absolute atomic E-state index is 6.23. The third kappa shape index (κ3) is 3.80. The Labute approximate surface area is 134 Å². The van der Waals surface area contributed by atoms with Gasteiger partial charge in [0, 0.05) is 10.6 Å². The lowest BCUT2D eigenvalue weighted by Gasteiger charge is -2.45. The second-order valence-electron chi connectivity index (χ2n) is 6.35. The second kappa shape index (κ2) is 7.62. The van der Waals surface area contributed by atoms with Crippen LogP contribution in [0.1, 0.15) is 58.1 Å². The second-order valence-corrected chi connectivity index (χ2v) is 6.78. The molecule has 0 aromatic heterocycles. The van der Waals surface area contributed by atoms with Crippen molar-refractivity contribution in [1.29, 1.82) is 0 Å². The summed E-state index contributed by atoms with van der Waals surface area (Å²) in [5.41, 5.74) is 1.46. The first-order valence-electron chi connectivity index (χ1n) is 8.35. The predicted molar refractivity (Wildman–Crippen MR) is 92.0 cm³/mol. The maximum Gasteiger partial charge on any atom is 0.0504 e. The van der Waals surface area contributed by atoms with Crippen molar-refractivity contribution >= 4 is 11.6 Å². The molecule has 3 heteroatoms. The van der Waals surface area contributed by atoms with Crippen molar-refractivity contribution in [2.45, 2.75) is 58.0 Å². The summed E-state index contributed by atoms with van der Waals surface area (Å²) >= 11 is 6.23. The summed E-state index contributed by atoms with van der Waals surface area (Å²) < 4.78 is 0. The molecule has 1 saturated heterocycles. The number of hydrogen-bond donors (Lipinski definition) is 1. The summed E-state index contributed by atoms with van der Waals surface area (Å²) in [6.45, 7) is 10.4. The van der Waals surface area contributed by atoms with E-state index in [1.165, 1.54) is 31.5 Å². The first-order valence-corrected chi connectivity index (χ1v) is 8.73. The fourth-order valence-corrected chi connectivity index (χ4v) is 3.71. The van der Waals surface area contributed by atoms with Crippen molar-refractivity contribution in [3.8, 4) is 0 Å². The Morgan fingerprint density at radius 2 is 2.00 bits per heavy atom. The minimum atomic E-state index is 0.149. The molecule has 0 aliphatic carbocycles. The molecule has 1 aromatic rings. The van der Waals surface area contributed by atoms with E-state index >= 15 is 0 Å². The molecule has 0 saturated carbocycles. The molecule has 1 fully saturated rings. The number of rotatable bonds is 7. The van der Waals surface area contributed by atoms with Gasteiger partial charge < -0.3 is 5.32 Å². The SMILES string of the molecule is CCCNC(c1cccc(Cl)c1)C(C)(CC)N1CCCC1. The van der Waals surface area contributed by atoms with Gasteiger partial charge in [-0.2, -0.15) is 0 Å². The fourth-order valence-electron chi connectivity index (χ4n) is 3.51. The van der Waals surface area contributed by atoms with E-state index < -0.39 is 0 Å². The number of benzene rings is 1. The highest BCUT2D eigenvalue weighted by Gasteiger charge is 2.39. The molecule has 2 atom stereocenters. The summed E-state index contributed by atoms with van der Waals surface area (Å²) in [7, 11) is 0. The predicted octanol–water partition coefficient (Wildman–Crippen LogP) is 4.65. The Hall–Kier alpha value is -0.570. The highest BCUT2D eigenvalue weighted by Crippen LogP contribution is 2.37. The summed E-state index contributed by atoms with van der Waals surface area (Å²) in [5.74, 6) is 0. The van der Waals surface area contributed by atoms with Crippen LogP contribution in [0.15, 0.2) is 24.3 Å². The van der Waals surface area contributed by atoms with E-state index in [0.717, 1.165) is 24.4 Å². The molecule has 1 aromatic carbocycles. The average molecular weight is 309 g/mol. The van der Waals surface area contributed by atoms with Gasteiger partial charge in [0.2, 0.25) is 0 Å². The summed E-state index contributed by atoms with van der Waals surface area (Å²) in [5, 5.41) is 4.61. The molecule has 0 amide bonds. The number of hydrogen-bond acceptors (Lipinski definition) is 2. The standard InChI is InChI=1S/C18H29ClN2/c1-4-11-20-17(15-9-8-10-16(19)14-15)18(3,5-2)21-12-6-7-13-21/h8-10,14,17,20H,4-7,11-13H2,1-3H3. The van der Waals surface area contributed by atoms with Gasteiger partial charge in [0.25, 0.3) is 0 Å². The van der Waals surface area contributed by atoms with Gasteiger partial charge in [-0.15, -0.1) is 0 Å². The van der Waals surface area contributed by atoms with E-state index in [2.05, 4.69) is 49.2 Å². The Bertz CT molecular complexity index is 443. The maximum atomic E-state index is 6.23. The Morgan fingerprint density at radius 1 is 1.29 bits per heavy atom. The van der Waals surface area contributed by atoms with Crippen LogP contribution in [0.4, 0.5) is 0 Å². The smallest absolute Gasteiger partial charge is 0.0504 e. The number of likely N-dealkylation sites (tertiary alicyclic amines) is 1. The summed E-state index contributed by atoms with van der Waals surface area (Å²) in [6.07, 6.45) is 4.94. The van der Waals surface area contributed by atoms with Gasteiger partial charge in [0.1, 0.15) is 0 Å². The van der Waals surface area contributed by atoms with Gasteiger partial charge in [-0.25, -0.2) is 0 Å². The molecule has 21 heavy (non-hydrogen) atoms. The molecule has 0 bridgehead atoms. The normalized spacial score (nSPS) is 20.4. The number of nitrogens with zero attached hydrogens (tertiary/aromatic N) is 1. The van der Waals surface area contributed by atoms with Crippen LogP contribution in [0, 0.1) is 0 Å². The average Bonchev–Trinajstić information content (AvgIpc) is 3.02. The van der Waals surface area contributed by atoms with E-state index in [4.69, 9.17) is 11.6 Å². The number of halogens is 1. The molecular formula is C18H29ClN2. The van der Waals surface area contributed by atoms with E-state index in [1.807, 2.05) is 6.07 Å². The molecule has 0 spiro atoms. The third-order valence-corrected chi connectivity index (χ3v) is 5.18. The van der Waals surface area contributed by atoms with Gasteiger partial charge in [-0.1, -0.05) is 37.6 Å². The van der Waals surface area contributed by atoms with Crippen molar-refractivity contribution in [2.75, 3.05) is 19.6 Å². The molecule has 0 radical (unpaired) electrons. The molecule has 2 unspecified atom stereocenters. The number of nitrogens with one attached hydrogen (secondary N) is 1. The Balaban J connectivity index is 2.32. The van der Waals surface area contributed by atoms with Gasteiger partial charge in [0.15, 0.2) is 0 Å². The first kappa shape index (κ1) is 16.8. The van der Waals surface area contributed by atoms with Crippen LogP contribution in [0.2, 0.25) is 5.02 Å². The van der Waals surface area contributed by atoms with Crippen LogP contribution in [-0.4, -0.2) is 30.1 Å². The third-order valence-electron chi connectivity index (χ3n) is 4.95. The van der Waals surface area contributed by atoms with E-state index in [9.17, 15) is 0 Å². The van der Waals surface area contributed by atoms with Crippen LogP contribution >= 0.6 is 11.6 Å². The lowest BCUT2D eigenvalue weighted by Crippen LogP contribution is -2.53. The highest BCUT2D eigenvalue weighted by atomic mass is 35.5. The van der Waals surface area contributed by atoms with E-state index in [1.54, 1.807) is 0 Å².